The molecule has 0 aliphatic carbocycles. The van der Waals surface area contributed by atoms with Gasteiger partial charge in [0, 0.05) is 43.1 Å². The van der Waals surface area contributed by atoms with E-state index in [1.54, 1.807) is 7.11 Å². The van der Waals surface area contributed by atoms with Crippen LogP contribution >= 0.6 is 0 Å². The van der Waals surface area contributed by atoms with Gasteiger partial charge in [0.05, 0.1) is 19.3 Å². The number of aryl methyl sites for hydroxylation is 1. The molecular weight excluding hydrogens is 328 g/mol. The Kier molecular flexibility index (Phi) is 5.27. The van der Waals surface area contributed by atoms with Crippen LogP contribution in [0.3, 0.4) is 0 Å². The summed E-state index contributed by atoms with van der Waals surface area (Å²) in [5, 5.41) is 1.17. The fourth-order valence-corrected chi connectivity index (χ4v) is 4.07. The molecule has 2 aliphatic heterocycles. The summed E-state index contributed by atoms with van der Waals surface area (Å²) in [5.41, 5.74) is 3.24. The molecule has 1 aromatic carbocycles. The lowest BCUT2D eigenvalue weighted by Crippen LogP contribution is -2.39. The van der Waals surface area contributed by atoms with Crippen LogP contribution in [0.1, 0.15) is 31.4 Å². The number of piperidine rings is 1. The Bertz CT molecular complexity index is 750. The van der Waals surface area contributed by atoms with Crippen LogP contribution in [0, 0.1) is 6.92 Å². The molecule has 0 spiro atoms. The van der Waals surface area contributed by atoms with Crippen molar-refractivity contribution in [3.8, 4) is 5.75 Å². The molecule has 0 radical (unpaired) electrons. The second-order valence-electron chi connectivity index (χ2n) is 7.27. The average molecular weight is 356 g/mol. The predicted octanol–water partition coefficient (Wildman–Crippen LogP) is 3.72. The van der Waals surface area contributed by atoms with E-state index in [9.17, 15) is 0 Å². The number of pyridine rings is 1. The fourth-order valence-electron chi connectivity index (χ4n) is 4.07. The highest BCUT2D eigenvalue weighted by Crippen LogP contribution is 2.34. The Morgan fingerprint density at radius 1 is 1.08 bits per heavy atom. The van der Waals surface area contributed by atoms with E-state index in [0.717, 1.165) is 68.9 Å². The van der Waals surface area contributed by atoms with Crippen molar-refractivity contribution < 1.29 is 14.2 Å². The first-order valence-corrected chi connectivity index (χ1v) is 9.67. The summed E-state index contributed by atoms with van der Waals surface area (Å²) in [6, 6.07) is 8.36. The molecule has 1 aromatic heterocycles. The Labute approximate surface area is 155 Å². The highest BCUT2D eigenvalue weighted by molar-refractivity contribution is 5.95. The summed E-state index contributed by atoms with van der Waals surface area (Å²) in [5.74, 6) is 0.838. The van der Waals surface area contributed by atoms with Crippen molar-refractivity contribution in [3.63, 3.8) is 0 Å². The average Bonchev–Trinajstić information content (AvgIpc) is 2.68. The Balaban J connectivity index is 1.49. The summed E-state index contributed by atoms with van der Waals surface area (Å²) >= 11 is 0. The molecule has 2 aliphatic rings. The zero-order valence-corrected chi connectivity index (χ0v) is 15.7. The molecule has 140 valence electrons. The maximum absolute atomic E-state index is 6.33. The van der Waals surface area contributed by atoms with Gasteiger partial charge >= 0.3 is 0 Å². The van der Waals surface area contributed by atoms with E-state index in [0.29, 0.717) is 12.2 Å². The molecule has 0 saturated carbocycles. The van der Waals surface area contributed by atoms with Crippen LogP contribution in [-0.2, 0) is 9.47 Å². The zero-order valence-electron chi connectivity index (χ0n) is 15.7. The minimum absolute atomic E-state index is 0.373. The van der Waals surface area contributed by atoms with Crippen LogP contribution in [-0.4, -0.2) is 50.6 Å². The highest BCUT2D eigenvalue weighted by atomic mass is 16.5. The van der Waals surface area contributed by atoms with E-state index < -0.39 is 0 Å². The van der Waals surface area contributed by atoms with Crippen LogP contribution in [0.15, 0.2) is 24.3 Å². The molecule has 4 rings (SSSR count). The van der Waals surface area contributed by atoms with Gasteiger partial charge in [-0.2, -0.15) is 0 Å². The van der Waals surface area contributed by atoms with Crippen molar-refractivity contribution in [1.82, 2.24) is 4.98 Å². The van der Waals surface area contributed by atoms with Crippen molar-refractivity contribution in [3.05, 3.63) is 30.0 Å². The first kappa shape index (κ1) is 17.6. The minimum atomic E-state index is 0.373. The van der Waals surface area contributed by atoms with Crippen molar-refractivity contribution >= 4 is 16.6 Å². The number of ether oxygens (including phenoxy) is 3. The van der Waals surface area contributed by atoms with E-state index in [1.165, 1.54) is 11.1 Å². The number of anilines is 1. The molecule has 0 atom stereocenters. The SMILES string of the molecule is COc1cccc2c(N3CCC(OC4CCOCC4)CC3)cc(C)nc12. The maximum atomic E-state index is 6.33. The molecule has 0 bridgehead atoms. The van der Waals surface area contributed by atoms with Gasteiger partial charge in [0.25, 0.3) is 0 Å². The molecule has 26 heavy (non-hydrogen) atoms. The summed E-state index contributed by atoms with van der Waals surface area (Å²) in [6.07, 6.45) is 4.98. The second-order valence-corrected chi connectivity index (χ2v) is 7.27. The van der Waals surface area contributed by atoms with Gasteiger partial charge in [0.15, 0.2) is 0 Å². The third-order valence-electron chi connectivity index (χ3n) is 5.46. The lowest BCUT2D eigenvalue weighted by molar-refractivity contribution is -0.0743. The molecule has 5 heteroatoms. The molecule has 2 fully saturated rings. The normalized spacial score (nSPS) is 19.8. The summed E-state index contributed by atoms with van der Waals surface area (Å²) in [7, 11) is 1.71. The van der Waals surface area contributed by atoms with E-state index >= 15 is 0 Å². The van der Waals surface area contributed by atoms with Crippen LogP contribution < -0.4 is 9.64 Å². The highest BCUT2D eigenvalue weighted by Gasteiger charge is 2.25. The van der Waals surface area contributed by atoms with E-state index in [-0.39, 0.29) is 0 Å². The molecule has 2 aromatic rings. The van der Waals surface area contributed by atoms with Gasteiger partial charge in [-0.25, -0.2) is 4.98 Å². The fraction of sp³-hybridized carbons (Fsp3) is 0.571. The molecular formula is C21H28N2O3. The number of para-hydroxylation sites is 1. The third-order valence-corrected chi connectivity index (χ3v) is 5.46. The second kappa shape index (κ2) is 7.80. The van der Waals surface area contributed by atoms with Gasteiger partial charge in [-0.3, -0.25) is 0 Å². The van der Waals surface area contributed by atoms with Crippen LogP contribution in [0.25, 0.3) is 10.9 Å². The van der Waals surface area contributed by atoms with Crippen LogP contribution in [0.2, 0.25) is 0 Å². The van der Waals surface area contributed by atoms with Crippen molar-refractivity contribution in [2.75, 3.05) is 38.3 Å². The van der Waals surface area contributed by atoms with E-state index in [1.807, 2.05) is 12.1 Å². The Morgan fingerprint density at radius 3 is 2.54 bits per heavy atom. The zero-order chi connectivity index (χ0) is 17.9. The topological polar surface area (TPSA) is 43.8 Å². The molecule has 3 heterocycles. The quantitative estimate of drug-likeness (QED) is 0.835. The summed E-state index contributed by atoms with van der Waals surface area (Å²) in [6.45, 7) is 5.77. The monoisotopic (exact) mass is 356 g/mol. The van der Waals surface area contributed by atoms with Crippen molar-refractivity contribution in [2.45, 2.75) is 44.8 Å². The standard InChI is InChI=1S/C21H28N2O3/c1-15-14-19(18-4-3-5-20(24-2)21(18)22-15)23-10-6-16(7-11-23)26-17-8-12-25-13-9-17/h3-5,14,16-17H,6-13H2,1-2H3. The lowest BCUT2D eigenvalue weighted by atomic mass is 10.0. The van der Waals surface area contributed by atoms with Crippen molar-refractivity contribution in [1.29, 1.82) is 0 Å². The summed E-state index contributed by atoms with van der Waals surface area (Å²) in [4.78, 5) is 7.18. The van der Waals surface area contributed by atoms with E-state index in [2.05, 4.69) is 24.0 Å². The number of methoxy groups -OCH3 is 1. The summed E-state index contributed by atoms with van der Waals surface area (Å²) < 4.78 is 17.3. The van der Waals surface area contributed by atoms with Gasteiger partial charge in [-0.05, 0) is 44.7 Å². The smallest absolute Gasteiger partial charge is 0.145 e. The third kappa shape index (κ3) is 3.64. The van der Waals surface area contributed by atoms with Crippen molar-refractivity contribution in [2.24, 2.45) is 0 Å². The number of hydrogen-bond acceptors (Lipinski definition) is 5. The number of rotatable bonds is 4. The molecule has 0 unspecified atom stereocenters. The largest absolute Gasteiger partial charge is 0.494 e. The Hall–Kier alpha value is -1.85. The van der Waals surface area contributed by atoms with Gasteiger partial charge in [-0.1, -0.05) is 12.1 Å². The lowest BCUT2D eigenvalue weighted by Gasteiger charge is -2.36. The number of benzene rings is 1. The van der Waals surface area contributed by atoms with Gasteiger partial charge in [0.1, 0.15) is 11.3 Å². The van der Waals surface area contributed by atoms with Gasteiger partial charge in [0.2, 0.25) is 0 Å². The van der Waals surface area contributed by atoms with Crippen LogP contribution in [0.5, 0.6) is 5.75 Å². The molecule has 0 amide bonds. The minimum Gasteiger partial charge on any atom is -0.494 e. The number of nitrogens with zero attached hydrogens (tertiary/aromatic N) is 2. The van der Waals surface area contributed by atoms with E-state index in [4.69, 9.17) is 19.2 Å². The molecule has 0 N–H and O–H groups in total. The Morgan fingerprint density at radius 2 is 1.81 bits per heavy atom. The maximum Gasteiger partial charge on any atom is 0.145 e. The predicted molar refractivity (Wildman–Crippen MR) is 103 cm³/mol. The number of aromatic nitrogens is 1. The first-order valence-electron chi connectivity index (χ1n) is 9.67. The van der Waals surface area contributed by atoms with Gasteiger partial charge in [-0.15, -0.1) is 0 Å². The van der Waals surface area contributed by atoms with Crippen LogP contribution in [0.4, 0.5) is 5.69 Å². The molecule has 5 nitrogen and oxygen atoms in total. The first-order chi connectivity index (χ1) is 12.7. The number of fused-ring (bicyclic) bond motifs is 1. The number of hydrogen-bond donors (Lipinski definition) is 0. The van der Waals surface area contributed by atoms with Gasteiger partial charge < -0.3 is 19.1 Å². The molecule has 2 saturated heterocycles.